The number of hydrogen-bond donors (Lipinski definition) is 0. The fraction of sp³-hybridized carbons (Fsp3) is 0.371. The predicted octanol–water partition coefficient (Wildman–Crippen LogP) is 5.89. The first-order valence-electron chi connectivity index (χ1n) is 15.0. The highest BCUT2D eigenvalue weighted by atomic mass is 16.4. The molecular weight excluding hydrogens is 508 g/mol. The van der Waals surface area contributed by atoms with E-state index < -0.39 is 6.09 Å². The number of amides is 1. The van der Waals surface area contributed by atoms with E-state index in [0.29, 0.717) is 24.9 Å². The minimum absolute atomic E-state index is 0.350. The lowest BCUT2D eigenvalue weighted by molar-refractivity contribution is -0.265. The molecule has 5 rings (SSSR count). The number of likely N-dealkylation sites (tertiary alicyclic amines) is 1. The van der Waals surface area contributed by atoms with E-state index in [1.54, 1.807) is 0 Å². The van der Waals surface area contributed by atoms with Gasteiger partial charge in [-0.1, -0.05) is 91.9 Å². The van der Waals surface area contributed by atoms with Gasteiger partial charge in [-0.25, -0.2) is 4.98 Å². The number of carboxylic acid groups (broad SMARTS) is 1. The van der Waals surface area contributed by atoms with Crippen molar-refractivity contribution in [2.24, 2.45) is 5.92 Å². The van der Waals surface area contributed by atoms with Gasteiger partial charge in [0.2, 0.25) is 0 Å². The summed E-state index contributed by atoms with van der Waals surface area (Å²) < 4.78 is 2.43. The number of fused-ring (bicyclic) bond motifs is 1. The van der Waals surface area contributed by atoms with Crippen molar-refractivity contribution in [2.45, 2.75) is 51.6 Å². The Balaban J connectivity index is 1.15. The molecule has 41 heavy (non-hydrogen) atoms. The van der Waals surface area contributed by atoms with Gasteiger partial charge in [0.05, 0.1) is 11.0 Å². The number of allylic oxidation sites excluding steroid dienone is 1. The first-order chi connectivity index (χ1) is 20.1. The standard InChI is InChI=1S/C35H42N4O2/c1-2-34-36-32-17-9-10-18-33(32)39(34)27-31(30-15-7-4-8-16-30)21-25-37-23-19-28(20-24-37)14-11-22-38(35(40)41)26-29-12-5-3-6-13-29/h3-18,28,31H,2,19-27H2,1H3,(H,40,41)/p-1. The number of aryl methyl sites for hydroxylation is 1. The predicted molar refractivity (Wildman–Crippen MR) is 163 cm³/mol. The summed E-state index contributed by atoms with van der Waals surface area (Å²) in [6.45, 7) is 7.04. The molecule has 0 aliphatic carbocycles. The van der Waals surface area contributed by atoms with Crippen molar-refractivity contribution < 1.29 is 9.90 Å². The topological polar surface area (TPSA) is 64.4 Å². The Labute approximate surface area is 243 Å². The second-order valence-corrected chi connectivity index (χ2v) is 11.1. The SMILES string of the molecule is CCc1nc2ccccc2n1CC(CCN1CCC(C=CCN(Cc2ccccc2)C(=O)[O-])CC1)c1ccccc1. The minimum Gasteiger partial charge on any atom is -0.530 e. The number of aromatic nitrogens is 2. The number of para-hydroxylation sites is 2. The highest BCUT2D eigenvalue weighted by Gasteiger charge is 2.21. The molecule has 0 N–H and O–H groups in total. The summed E-state index contributed by atoms with van der Waals surface area (Å²) >= 11 is 0. The zero-order chi connectivity index (χ0) is 28.4. The molecule has 1 amide bonds. The van der Waals surface area contributed by atoms with Gasteiger partial charge in [0.25, 0.3) is 0 Å². The molecule has 1 atom stereocenters. The van der Waals surface area contributed by atoms with Gasteiger partial charge < -0.3 is 24.3 Å². The molecule has 1 unspecified atom stereocenters. The van der Waals surface area contributed by atoms with Gasteiger partial charge in [-0.3, -0.25) is 0 Å². The molecular formula is C35H41N4O2-. The van der Waals surface area contributed by atoms with Crippen molar-refractivity contribution in [1.82, 2.24) is 19.4 Å². The van der Waals surface area contributed by atoms with Gasteiger partial charge in [0, 0.05) is 32.0 Å². The zero-order valence-corrected chi connectivity index (χ0v) is 24.1. The van der Waals surface area contributed by atoms with Crippen LogP contribution in [0.15, 0.2) is 97.1 Å². The van der Waals surface area contributed by atoms with Crippen LogP contribution in [0.3, 0.4) is 0 Å². The molecule has 0 saturated carbocycles. The molecule has 1 aliphatic heterocycles. The molecule has 4 aromatic rings. The molecule has 1 aromatic heterocycles. The highest BCUT2D eigenvalue weighted by molar-refractivity contribution is 5.76. The average molecular weight is 550 g/mol. The summed E-state index contributed by atoms with van der Waals surface area (Å²) in [6, 6.07) is 29.1. The minimum atomic E-state index is -1.13. The maximum atomic E-state index is 11.6. The number of hydrogen-bond acceptors (Lipinski definition) is 4. The van der Waals surface area contributed by atoms with E-state index in [-0.39, 0.29) is 0 Å². The number of imidazole rings is 1. The van der Waals surface area contributed by atoms with Crippen LogP contribution in [0.5, 0.6) is 0 Å². The molecule has 3 aromatic carbocycles. The van der Waals surface area contributed by atoms with E-state index >= 15 is 0 Å². The number of carbonyl (C=O) groups is 1. The van der Waals surface area contributed by atoms with Gasteiger partial charge in [0.1, 0.15) is 11.9 Å². The summed E-state index contributed by atoms with van der Waals surface area (Å²) in [4.78, 5) is 20.5. The monoisotopic (exact) mass is 549 g/mol. The van der Waals surface area contributed by atoms with Crippen molar-refractivity contribution in [3.8, 4) is 0 Å². The summed E-state index contributed by atoms with van der Waals surface area (Å²) in [5.74, 6) is 2.05. The van der Waals surface area contributed by atoms with Gasteiger partial charge in [0.15, 0.2) is 0 Å². The number of piperidine rings is 1. The Morgan fingerprint density at radius 3 is 2.39 bits per heavy atom. The van der Waals surface area contributed by atoms with Crippen LogP contribution in [0.25, 0.3) is 11.0 Å². The van der Waals surface area contributed by atoms with E-state index in [0.717, 1.165) is 68.8 Å². The van der Waals surface area contributed by atoms with E-state index in [9.17, 15) is 9.90 Å². The van der Waals surface area contributed by atoms with Crippen molar-refractivity contribution in [3.63, 3.8) is 0 Å². The molecule has 1 aliphatic rings. The average Bonchev–Trinajstić information content (AvgIpc) is 3.37. The van der Waals surface area contributed by atoms with Crippen LogP contribution in [-0.4, -0.2) is 51.6 Å². The van der Waals surface area contributed by atoms with Gasteiger partial charge in [-0.05, 0) is 68.1 Å². The van der Waals surface area contributed by atoms with Crippen molar-refractivity contribution >= 4 is 17.1 Å². The molecule has 0 bridgehead atoms. The third-order valence-electron chi connectivity index (χ3n) is 8.36. The third kappa shape index (κ3) is 7.65. The first-order valence-corrected chi connectivity index (χ1v) is 15.0. The van der Waals surface area contributed by atoms with Crippen LogP contribution < -0.4 is 5.11 Å². The van der Waals surface area contributed by atoms with E-state index in [2.05, 4.69) is 77.1 Å². The molecule has 6 nitrogen and oxygen atoms in total. The Hall–Kier alpha value is -3.90. The van der Waals surface area contributed by atoms with E-state index in [1.807, 2.05) is 36.4 Å². The van der Waals surface area contributed by atoms with Crippen molar-refractivity contribution in [3.05, 3.63) is 114 Å². The summed E-state index contributed by atoms with van der Waals surface area (Å²) in [5.41, 5.74) is 4.66. The summed E-state index contributed by atoms with van der Waals surface area (Å²) in [5, 5.41) is 11.6. The van der Waals surface area contributed by atoms with Crippen LogP contribution >= 0.6 is 0 Å². The van der Waals surface area contributed by atoms with Crippen molar-refractivity contribution in [1.29, 1.82) is 0 Å². The second-order valence-electron chi connectivity index (χ2n) is 11.1. The van der Waals surface area contributed by atoms with Gasteiger partial charge >= 0.3 is 0 Å². The number of rotatable bonds is 12. The highest BCUT2D eigenvalue weighted by Crippen LogP contribution is 2.27. The fourth-order valence-corrected chi connectivity index (χ4v) is 6.00. The Kier molecular flexibility index (Phi) is 9.87. The van der Waals surface area contributed by atoms with Crippen molar-refractivity contribution in [2.75, 3.05) is 26.2 Å². The number of nitrogens with zero attached hydrogens (tertiary/aromatic N) is 4. The van der Waals surface area contributed by atoms with Crippen LogP contribution in [-0.2, 0) is 19.5 Å². The first kappa shape index (κ1) is 28.6. The van der Waals surface area contributed by atoms with Gasteiger partial charge in [-0.2, -0.15) is 0 Å². The molecule has 0 spiro atoms. The summed E-state index contributed by atoms with van der Waals surface area (Å²) in [7, 11) is 0. The number of carbonyl (C=O) groups excluding carboxylic acids is 1. The third-order valence-corrected chi connectivity index (χ3v) is 8.36. The molecule has 6 heteroatoms. The Bertz CT molecular complexity index is 1410. The molecule has 1 saturated heterocycles. The van der Waals surface area contributed by atoms with Crippen LogP contribution in [0.2, 0.25) is 0 Å². The second kappa shape index (κ2) is 14.1. The lowest BCUT2D eigenvalue weighted by atomic mass is 9.93. The van der Waals surface area contributed by atoms with E-state index in [4.69, 9.17) is 4.98 Å². The molecule has 214 valence electrons. The molecule has 0 radical (unpaired) electrons. The zero-order valence-electron chi connectivity index (χ0n) is 24.1. The largest absolute Gasteiger partial charge is 0.530 e. The molecule has 1 fully saturated rings. The fourth-order valence-electron chi connectivity index (χ4n) is 6.00. The van der Waals surface area contributed by atoms with Crippen LogP contribution in [0.1, 0.15) is 49.1 Å². The lowest BCUT2D eigenvalue weighted by Crippen LogP contribution is -2.40. The van der Waals surface area contributed by atoms with Crippen LogP contribution in [0, 0.1) is 5.92 Å². The maximum Gasteiger partial charge on any atom is 0.137 e. The number of benzene rings is 3. The molecule has 2 heterocycles. The lowest BCUT2D eigenvalue weighted by Gasteiger charge is -2.32. The van der Waals surface area contributed by atoms with E-state index in [1.165, 1.54) is 16.0 Å². The van der Waals surface area contributed by atoms with Crippen LogP contribution in [0.4, 0.5) is 4.79 Å². The normalized spacial score (nSPS) is 15.4. The summed E-state index contributed by atoms with van der Waals surface area (Å²) in [6.07, 6.45) is 7.30. The quantitative estimate of drug-likeness (QED) is 0.207. The Morgan fingerprint density at radius 1 is 1.00 bits per heavy atom. The Morgan fingerprint density at radius 2 is 1.68 bits per heavy atom. The van der Waals surface area contributed by atoms with Gasteiger partial charge in [-0.15, -0.1) is 0 Å². The maximum absolute atomic E-state index is 11.6. The smallest absolute Gasteiger partial charge is 0.137 e.